The molecule has 1 aromatic heterocycles. The third-order valence-corrected chi connectivity index (χ3v) is 6.28. The number of fused-ring (bicyclic) bond motifs is 1. The van der Waals surface area contributed by atoms with E-state index in [1.54, 1.807) is 37.1 Å². The number of carbonyl (C=O) groups excluding carboxylic acids is 1. The summed E-state index contributed by atoms with van der Waals surface area (Å²) in [7, 11) is 1.60. The van der Waals surface area contributed by atoms with E-state index in [-0.39, 0.29) is 11.6 Å². The molecule has 0 fully saturated rings. The molecule has 6 heteroatoms. The first-order valence-corrected chi connectivity index (χ1v) is 11.2. The zero-order valence-corrected chi connectivity index (χ0v) is 18.9. The SMILES string of the molecule is COc1ccc(C2=N/C(=C/c3cc4cccc(C)c4nc3Sc3ccccc3)C(=O)O2)cc1. The van der Waals surface area contributed by atoms with E-state index in [0.717, 1.165) is 37.7 Å². The van der Waals surface area contributed by atoms with Crippen LogP contribution < -0.4 is 4.74 Å². The Labute approximate surface area is 195 Å². The number of esters is 1. The van der Waals surface area contributed by atoms with Gasteiger partial charge in [0.15, 0.2) is 5.70 Å². The first kappa shape index (κ1) is 21.0. The monoisotopic (exact) mass is 452 g/mol. The van der Waals surface area contributed by atoms with Crippen molar-refractivity contribution in [1.82, 2.24) is 4.98 Å². The van der Waals surface area contributed by atoms with E-state index in [2.05, 4.69) is 4.99 Å². The average Bonchev–Trinajstić information content (AvgIpc) is 3.21. The van der Waals surface area contributed by atoms with Crippen LogP contribution in [0.2, 0.25) is 0 Å². The minimum atomic E-state index is -0.485. The maximum Gasteiger partial charge on any atom is 0.363 e. The van der Waals surface area contributed by atoms with Crippen molar-refractivity contribution in [3.05, 3.63) is 101 Å². The van der Waals surface area contributed by atoms with E-state index in [9.17, 15) is 4.79 Å². The minimum absolute atomic E-state index is 0.240. The number of carbonyl (C=O) groups is 1. The average molecular weight is 453 g/mol. The van der Waals surface area contributed by atoms with Crippen molar-refractivity contribution >= 4 is 40.6 Å². The molecule has 1 aliphatic heterocycles. The normalized spacial score (nSPS) is 14.4. The number of aliphatic imine (C=N–C) groups is 1. The first-order valence-electron chi connectivity index (χ1n) is 10.4. The lowest BCUT2D eigenvalue weighted by Gasteiger charge is -2.09. The summed E-state index contributed by atoms with van der Waals surface area (Å²) in [5.41, 5.74) is 3.80. The van der Waals surface area contributed by atoms with Gasteiger partial charge in [-0.25, -0.2) is 14.8 Å². The smallest absolute Gasteiger partial charge is 0.363 e. The molecule has 162 valence electrons. The highest BCUT2D eigenvalue weighted by Gasteiger charge is 2.25. The topological polar surface area (TPSA) is 60.8 Å². The summed E-state index contributed by atoms with van der Waals surface area (Å²) in [5.74, 6) is 0.510. The van der Waals surface area contributed by atoms with Crippen molar-refractivity contribution in [3.63, 3.8) is 0 Å². The molecule has 0 spiro atoms. The number of aromatic nitrogens is 1. The van der Waals surface area contributed by atoms with Crippen LogP contribution >= 0.6 is 11.8 Å². The molecule has 4 aromatic rings. The lowest BCUT2D eigenvalue weighted by molar-refractivity contribution is -0.129. The highest BCUT2D eigenvalue weighted by Crippen LogP contribution is 2.33. The number of para-hydroxylation sites is 1. The lowest BCUT2D eigenvalue weighted by Crippen LogP contribution is -2.05. The summed E-state index contributed by atoms with van der Waals surface area (Å²) in [6, 6.07) is 25.4. The van der Waals surface area contributed by atoms with Crippen LogP contribution in [-0.4, -0.2) is 24.0 Å². The fraction of sp³-hybridized carbons (Fsp3) is 0.0741. The minimum Gasteiger partial charge on any atom is -0.497 e. The Morgan fingerprint density at radius 3 is 2.52 bits per heavy atom. The maximum absolute atomic E-state index is 12.6. The molecule has 3 aromatic carbocycles. The number of cyclic esters (lactones) is 1. The van der Waals surface area contributed by atoms with Crippen LogP contribution in [0, 0.1) is 6.92 Å². The predicted molar refractivity (Wildman–Crippen MR) is 131 cm³/mol. The highest BCUT2D eigenvalue weighted by molar-refractivity contribution is 7.99. The third kappa shape index (κ3) is 4.38. The van der Waals surface area contributed by atoms with Crippen LogP contribution in [-0.2, 0) is 9.53 Å². The van der Waals surface area contributed by atoms with Crippen molar-refractivity contribution in [1.29, 1.82) is 0 Å². The van der Waals surface area contributed by atoms with Crippen LogP contribution in [0.1, 0.15) is 16.7 Å². The van der Waals surface area contributed by atoms with E-state index < -0.39 is 5.97 Å². The van der Waals surface area contributed by atoms with Crippen LogP contribution in [0.15, 0.2) is 99.5 Å². The van der Waals surface area contributed by atoms with Crippen molar-refractivity contribution < 1.29 is 14.3 Å². The molecule has 0 atom stereocenters. The predicted octanol–water partition coefficient (Wildman–Crippen LogP) is 6.05. The quantitative estimate of drug-likeness (QED) is 0.273. The van der Waals surface area contributed by atoms with Gasteiger partial charge >= 0.3 is 5.97 Å². The van der Waals surface area contributed by atoms with Gasteiger partial charge in [0, 0.05) is 21.4 Å². The third-order valence-electron chi connectivity index (χ3n) is 5.25. The number of aryl methyl sites for hydroxylation is 1. The molecule has 33 heavy (non-hydrogen) atoms. The summed E-state index contributed by atoms with van der Waals surface area (Å²) < 4.78 is 10.6. The summed E-state index contributed by atoms with van der Waals surface area (Å²) in [6.07, 6.45) is 1.75. The zero-order valence-electron chi connectivity index (χ0n) is 18.1. The van der Waals surface area contributed by atoms with E-state index in [1.807, 2.05) is 73.7 Å². The van der Waals surface area contributed by atoms with Crippen molar-refractivity contribution in [2.75, 3.05) is 7.11 Å². The van der Waals surface area contributed by atoms with E-state index in [1.165, 1.54) is 0 Å². The molecule has 0 amide bonds. The molecule has 0 bridgehead atoms. The van der Waals surface area contributed by atoms with Gasteiger partial charge in [-0.05, 0) is 61.0 Å². The number of benzene rings is 3. The molecule has 0 saturated carbocycles. The fourth-order valence-electron chi connectivity index (χ4n) is 3.55. The van der Waals surface area contributed by atoms with E-state index in [0.29, 0.717) is 5.56 Å². The number of rotatable bonds is 5. The van der Waals surface area contributed by atoms with E-state index >= 15 is 0 Å². The van der Waals surface area contributed by atoms with Crippen molar-refractivity contribution in [2.45, 2.75) is 16.8 Å². The molecule has 1 aliphatic rings. The number of hydrogen-bond donors (Lipinski definition) is 0. The Bertz CT molecular complexity index is 1410. The first-order chi connectivity index (χ1) is 16.1. The number of nitrogens with zero attached hydrogens (tertiary/aromatic N) is 2. The molecular weight excluding hydrogens is 432 g/mol. The van der Waals surface area contributed by atoms with Crippen LogP contribution in [0.25, 0.3) is 17.0 Å². The lowest BCUT2D eigenvalue weighted by atomic mass is 10.1. The molecule has 5 nitrogen and oxygen atoms in total. The maximum atomic E-state index is 12.6. The number of methoxy groups -OCH3 is 1. The Morgan fingerprint density at radius 1 is 0.970 bits per heavy atom. The van der Waals surface area contributed by atoms with Crippen LogP contribution in [0.5, 0.6) is 5.75 Å². The van der Waals surface area contributed by atoms with Gasteiger partial charge in [-0.3, -0.25) is 0 Å². The number of hydrogen-bond acceptors (Lipinski definition) is 6. The Morgan fingerprint density at radius 2 is 1.76 bits per heavy atom. The standard InChI is InChI=1S/C27H20N2O3S/c1-17-7-6-8-19-15-20(26(29-24(17)19)33-22-9-4-3-5-10-22)16-23-27(30)32-25(28-23)18-11-13-21(31-2)14-12-18/h3-16H,1-2H3/b23-16+. The van der Waals surface area contributed by atoms with Gasteiger partial charge in [-0.15, -0.1) is 0 Å². The summed E-state index contributed by atoms with van der Waals surface area (Å²) >= 11 is 1.55. The molecule has 5 rings (SSSR count). The van der Waals surface area contributed by atoms with Crippen LogP contribution in [0.3, 0.4) is 0 Å². The molecule has 0 N–H and O–H groups in total. The molecule has 0 unspecified atom stereocenters. The Balaban J connectivity index is 1.58. The fourth-order valence-corrected chi connectivity index (χ4v) is 4.43. The number of pyridine rings is 1. The van der Waals surface area contributed by atoms with Gasteiger partial charge < -0.3 is 9.47 Å². The summed E-state index contributed by atoms with van der Waals surface area (Å²) in [4.78, 5) is 23.1. The largest absolute Gasteiger partial charge is 0.497 e. The van der Waals surface area contributed by atoms with Gasteiger partial charge in [-0.2, -0.15) is 0 Å². The van der Waals surface area contributed by atoms with Gasteiger partial charge in [0.1, 0.15) is 10.8 Å². The molecule has 0 aliphatic carbocycles. The van der Waals surface area contributed by atoms with Crippen LogP contribution in [0.4, 0.5) is 0 Å². The van der Waals surface area contributed by atoms with Gasteiger partial charge in [0.25, 0.3) is 0 Å². The van der Waals surface area contributed by atoms with Crippen molar-refractivity contribution in [2.24, 2.45) is 4.99 Å². The van der Waals surface area contributed by atoms with Crippen molar-refractivity contribution in [3.8, 4) is 5.75 Å². The number of ether oxygens (including phenoxy) is 2. The second-order valence-electron chi connectivity index (χ2n) is 7.51. The second-order valence-corrected chi connectivity index (χ2v) is 8.57. The second kappa shape index (κ2) is 8.92. The highest BCUT2D eigenvalue weighted by atomic mass is 32.2. The zero-order chi connectivity index (χ0) is 22.8. The Hall–Kier alpha value is -3.90. The molecular formula is C27H20N2O3S. The summed E-state index contributed by atoms with van der Waals surface area (Å²) in [5, 5.41) is 1.81. The van der Waals surface area contributed by atoms with Gasteiger partial charge in [0.2, 0.25) is 5.90 Å². The molecule has 2 heterocycles. The van der Waals surface area contributed by atoms with E-state index in [4.69, 9.17) is 14.5 Å². The Kier molecular flexibility index (Phi) is 5.67. The summed E-state index contributed by atoms with van der Waals surface area (Å²) in [6.45, 7) is 2.05. The van der Waals surface area contributed by atoms with Gasteiger partial charge in [0.05, 0.1) is 12.6 Å². The molecule has 0 saturated heterocycles. The molecule has 0 radical (unpaired) electrons. The van der Waals surface area contributed by atoms with Gasteiger partial charge in [-0.1, -0.05) is 48.2 Å².